The number of guanidine groups is 1. The molecule has 1 aliphatic carbocycles. The molecule has 5 nitrogen and oxygen atoms in total. The molecule has 2 atom stereocenters. The van der Waals surface area contributed by atoms with Crippen LogP contribution in [0.2, 0.25) is 0 Å². The van der Waals surface area contributed by atoms with Crippen molar-refractivity contribution in [3.63, 3.8) is 0 Å². The third-order valence-electron chi connectivity index (χ3n) is 6.15. The molecule has 150 valence electrons. The lowest BCUT2D eigenvalue weighted by atomic mass is 9.81. The number of nitrogens with one attached hydrogen (secondary N) is 2. The Labute approximate surface area is 165 Å². The lowest BCUT2D eigenvalue weighted by Crippen LogP contribution is -2.48. The summed E-state index contributed by atoms with van der Waals surface area (Å²) in [5.41, 5.74) is 1.17. The summed E-state index contributed by atoms with van der Waals surface area (Å²) in [6, 6.07) is 6.68. The molecule has 1 aliphatic heterocycles. The van der Waals surface area contributed by atoms with E-state index in [0.29, 0.717) is 6.04 Å². The van der Waals surface area contributed by atoms with Crippen LogP contribution in [0.4, 0.5) is 0 Å². The van der Waals surface area contributed by atoms with Gasteiger partial charge in [0.15, 0.2) is 5.96 Å². The van der Waals surface area contributed by atoms with Crippen LogP contribution >= 0.6 is 0 Å². The van der Waals surface area contributed by atoms with Crippen molar-refractivity contribution in [3.05, 3.63) is 30.1 Å². The van der Waals surface area contributed by atoms with Crippen molar-refractivity contribution < 1.29 is 0 Å². The third-order valence-corrected chi connectivity index (χ3v) is 6.15. The van der Waals surface area contributed by atoms with Crippen LogP contribution in [0.25, 0.3) is 0 Å². The van der Waals surface area contributed by atoms with Gasteiger partial charge in [0.2, 0.25) is 0 Å². The van der Waals surface area contributed by atoms with E-state index in [-0.39, 0.29) is 0 Å². The first-order chi connectivity index (χ1) is 13.2. The number of hydrogen-bond donors (Lipinski definition) is 2. The smallest absolute Gasteiger partial charge is 0.191 e. The lowest BCUT2D eigenvalue weighted by Gasteiger charge is -2.33. The maximum absolute atomic E-state index is 4.44. The normalized spacial score (nSPS) is 25.3. The predicted molar refractivity (Wildman–Crippen MR) is 113 cm³/mol. The van der Waals surface area contributed by atoms with Crippen molar-refractivity contribution in [2.45, 2.75) is 64.5 Å². The van der Waals surface area contributed by atoms with Crippen molar-refractivity contribution in [1.82, 2.24) is 20.5 Å². The summed E-state index contributed by atoms with van der Waals surface area (Å²) in [4.78, 5) is 11.4. The van der Waals surface area contributed by atoms with Crippen LogP contribution in [0.15, 0.2) is 29.4 Å². The second-order valence-corrected chi connectivity index (χ2v) is 8.44. The fourth-order valence-electron chi connectivity index (χ4n) is 4.56. The fourth-order valence-corrected chi connectivity index (χ4v) is 4.56. The first kappa shape index (κ1) is 20.1. The van der Waals surface area contributed by atoms with E-state index in [4.69, 9.17) is 0 Å². The van der Waals surface area contributed by atoms with Crippen molar-refractivity contribution in [2.24, 2.45) is 16.8 Å². The highest BCUT2D eigenvalue weighted by molar-refractivity contribution is 5.79. The van der Waals surface area contributed by atoms with Crippen LogP contribution in [0.1, 0.15) is 57.6 Å². The molecule has 2 N–H and O–H groups in total. The minimum Gasteiger partial charge on any atom is -0.356 e. The predicted octanol–water partition coefficient (Wildman–Crippen LogP) is 3.43. The monoisotopic (exact) mass is 371 g/mol. The Morgan fingerprint density at radius 1 is 1.22 bits per heavy atom. The van der Waals surface area contributed by atoms with Gasteiger partial charge in [0, 0.05) is 45.5 Å². The Morgan fingerprint density at radius 2 is 2.07 bits per heavy atom. The van der Waals surface area contributed by atoms with Gasteiger partial charge in [-0.25, -0.2) is 0 Å². The minimum atomic E-state index is 0.519. The maximum Gasteiger partial charge on any atom is 0.191 e. The molecule has 0 bridgehead atoms. The number of rotatable bonds is 6. The first-order valence-electron chi connectivity index (χ1n) is 10.8. The van der Waals surface area contributed by atoms with Crippen molar-refractivity contribution in [1.29, 1.82) is 0 Å². The lowest BCUT2D eigenvalue weighted by molar-refractivity contribution is 0.196. The molecule has 1 aromatic heterocycles. The number of piperidine rings is 1. The Bertz CT molecular complexity index is 565. The molecule has 2 heterocycles. The van der Waals surface area contributed by atoms with E-state index in [9.17, 15) is 0 Å². The largest absolute Gasteiger partial charge is 0.356 e. The summed E-state index contributed by atoms with van der Waals surface area (Å²) in [7, 11) is 1.88. The van der Waals surface area contributed by atoms with Crippen LogP contribution < -0.4 is 10.6 Å². The maximum atomic E-state index is 4.44. The van der Waals surface area contributed by atoms with Gasteiger partial charge < -0.3 is 10.6 Å². The van der Waals surface area contributed by atoms with E-state index in [0.717, 1.165) is 56.8 Å². The van der Waals surface area contributed by atoms with Crippen LogP contribution in [0.3, 0.4) is 0 Å². The van der Waals surface area contributed by atoms with E-state index in [1.54, 1.807) is 0 Å². The molecule has 2 unspecified atom stereocenters. The molecule has 1 saturated carbocycles. The van der Waals surface area contributed by atoms with Gasteiger partial charge in [0.05, 0.1) is 5.69 Å². The van der Waals surface area contributed by atoms with Crippen LogP contribution in [-0.4, -0.2) is 48.6 Å². The molecular weight excluding hydrogens is 334 g/mol. The van der Waals surface area contributed by atoms with Crippen molar-refractivity contribution in [3.8, 4) is 0 Å². The van der Waals surface area contributed by atoms with E-state index >= 15 is 0 Å². The number of hydrogen-bond acceptors (Lipinski definition) is 3. The standard InChI is InChI=1S/C22H37N5/c1-18-6-5-7-19(16-18)9-13-25-22(23-2)26-20-10-14-27(15-11-20)17-21-8-3-4-12-24-21/h3-4,8,12,18-20H,5-7,9-11,13-17H2,1-2H3,(H2,23,25,26). The molecule has 1 saturated heterocycles. The SMILES string of the molecule is CN=C(NCCC1CCCC(C)C1)NC1CCN(Cc2ccccn2)CC1. The molecule has 0 aromatic carbocycles. The second kappa shape index (κ2) is 10.6. The Hall–Kier alpha value is -1.62. The third kappa shape index (κ3) is 6.80. The summed E-state index contributed by atoms with van der Waals surface area (Å²) in [6.45, 7) is 6.63. The van der Waals surface area contributed by atoms with Gasteiger partial charge in [0.25, 0.3) is 0 Å². The molecule has 27 heavy (non-hydrogen) atoms. The number of pyridine rings is 1. The van der Waals surface area contributed by atoms with Gasteiger partial charge in [-0.05, 0) is 49.7 Å². The molecule has 0 radical (unpaired) electrons. The average Bonchev–Trinajstić information content (AvgIpc) is 2.69. The number of nitrogens with zero attached hydrogens (tertiary/aromatic N) is 3. The Morgan fingerprint density at radius 3 is 2.78 bits per heavy atom. The summed E-state index contributed by atoms with van der Waals surface area (Å²) in [6.07, 6.45) is 11.1. The van der Waals surface area contributed by atoms with Crippen LogP contribution in [-0.2, 0) is 6.54 Å². The Balaban J connectivity index is 1.33. The molecule has 5 heteroatoms. The van der Waals surface area contributed by atoms with Gasteiger partial charge >= 0.3 is 0 Å². The zero-order valence-electron chi connectivity index (χ0n) is 17.2. The van der Waals surface area contributed by atoms with E-state index in [1.165, 1.54) is 37.8 Å². The highest BCUT2D eigenvalue weighted by atomic mass is 15.2. The molecule has 2 aliphatic rings. The van der Waals surface area contributed by atoms with Crippen molar-refractivity contribution >= 4 is 5.96 Å². The van der Waals surface area contributed by atoms with Gasteiger partial charge in [-0.3, -0.25) is 14.9 Å². The molecular formula is C22H37N5. The highest BCUT2D eigenvalue weighted by Crippen LogP contribution is 2.30. The Kier molecular flexibility index (Phi) is 7.93. The first-order valence-corrected chi connectivity index (χ1v) is 10.8. The summed E-state index contributed by atoms with van der Waals surface area (Å²) in [5, 5.41) is 7.18. The van der Waals surface area contributed by atoms with Gasteiger partial charge in [0.1, 0.15) is 0 Å². The highest BCUT2D eigenvalue weighted by Gasteiger charge is 2.21. The quantitative estimate of drug-likeness (QED) is 0.594. The number of aromatic nitrogens is 1. The van der Waals surface area contributed by atoms with E-state index in [2.05, 4.69) is 44.6 Å². The summed E-state index contributed by atoms with van der Waals surface area (Å²) < 4.78 is 0. The van der Waals surface area contributed by atoms with Crippen LogP contribution in [0.5, 0.6) is 0 Å². The molecule has 0 spiro atoms. The van der Waals surface area contributed by atoms with Crippen LogP contribution in [0, 0.1) is 11.8 Å². The average molecular weight is 372 g/mol. The van der Waals surface area contributed by atoms with Gasteiger partial charge in [-0.15, -0.1) is 0 Å². The minimum absolute atomic E-state index is 0.519. The molecule has 2 fully saturated rings. The fraction of sp³-hybridized carbons (Fsp3) is 0.727. The number of aliphatic imine (C=N–C) groups is 1. The zero-order chi connectivity index (χ0) is 18.9. The molecule has 0 amide bonds. The molecule has 3 rings (SSSR count). The van der Waals surface area contributed by atoms with E-state index in [1.807, 2.05) is 19.3 Å². The van der Waals surface area contributed by atoms with Crippen molar-refractivity contribution in [2.75, 3.05) is 26.7 Å². The number of likely N-dealkylation sites (tertiary alicyclic amines) is 1. The van der Waals surface area contributed by atoms with Gasteiger partial charge in [-0.1, -0.05) is 32.3 Å². The van der Waals surface area contributed by atoms with Gasteiger partial charge in [-0.2, -0.15) is 0 Å². The topological polar surface area (TPSA) is 52.6 Å². The van der Waals surface area contributed by atoms with E-state index < -0.39 is 0 Å². The zero-order valence-corrected chi connectivity index (χ0v) is 17.2. The summed E-state index contributed by atoms with van der Waals surface area (Å²) >= 11 is 0. The second-order valence-electron chi connectivity index (χ2n) is 8.44. The molecule has 1 aromatic rings. The summed E-state index contributed by atoms with van der Waals surface area (Å²) in [5.74, 6) is 2.79.